The molecule has 2 aromatic carbocycles. The molecule has 3 amide bonds. The first kappa shape index (κ1) is 32.3. The number of para-hydroxylation sites is 2. The van der Waals surface area contributed by atoms with Gasteiger partial charge in [0.2, 0.25) is 5.91 Å². The fourth-order valence-electron chi connectivity index (χ4n) is 4.09. The maximum absolute atomic E-state index is 14.1. The Hall–Kier alpha value is -2.91. The van der Waals surface area contributed by atoms with Crippen LogP contribution in [0.15, 0.2) is 36.4 Å². The Morgan fingerprint density at radius 2 is 1.74 bits per heavy atom. The molecule has 0 aliphatic carbocycles. The van der Waals surface area contributed by atoms with E-state index in [-0.39, 0.29) is 17.9 Å². The van der Waals surface area contributed by atoms with Gasteiger partial charge in [-0.25, -0.2) is 4.79 Å². The van der Waals surface area contributed by atoms with Crippen LogP contribution in [-0.2, 0) is 14.3 Å². The van der Waals surface area contributed by atoms with Crippen LogP contribution < -0.4 is 10.6 Å². The maximum Gasteiger partial charge on any atom is 0.408 e. The van der Waals surface area contributed by atoms with Gasteiger partial charge in [-0.05, 0) is 76.7 Å². The number of nitrogens with zero attached hydrogens (tertiary/aromatic N) is 1. The summed E-state index contributed by atoms with van der Waals surface area (Å²) in [7, 11) is 0. The van der Waals surface area contributed by atoms with Crippen molar-refractivity contribution in [2.45, 2.75) is 72.1 Å². The number of halogens is 1. The highest BCUT2D eigenvalue weighted by Crippen LogP contribution is 2.34. The number of phenols is 1. The number of carbonyl (C=O) groups excluding carboxylic acids is 3. The van der Waals surface area contributed by atoms with Crippen LogP contribution in [0.3, 0.4) is 0 Å². The van der Waals surface area contributed by atoms with Gasteiger partial charge in [-0.3, -0.25) is 9.59 Å². The van der Waals surface area contributed by atoms with Crippen LogP contribution in [0.4, 0.5) is 10.5 Å². The Balaban J connectivity index is 2.58. The number of anilines is 1. The lowest BCUT2D eigenvalue weighted by Crippen LogP contribution is -2.52. The first-order chi connectivity index (χ1) is 18.3. The second-order valence-electron chi connectivity index (χ2n) is 10.3. The zero-order valence-electron chi connectivity index (χ0n) is 23.8. The summed E-state index contributed by atoms with van der Waals surface area (Å²) in [6, 6.07) is 8.21. The Morgan fingerprint density at radius 1 is 1.10 bits per heavy atom. The van der Waals surface area contributed by atoms with E-state index >= 15 is 0 Å². The van der Waals surface area contributed by atoms with Gasteiger partial charge in [0, 0.05) is 12.1 Å². The van der Waals surface area contributed by atoms with Gasteiger partial charge in [0.15, 0.2) is 0 Å². The van der Waals surface area contributed by atoms with Crippen molar-refractivity contribution >= 4 is 47.0 Å². The molecular formula is C29H40ClN3O5S. The van der Waals surface area contributed by atoms with Gasteiger partial charge in [0.1, 0.15) is 23.4 Å². The molecule has 3 N–H and O–H groups in total. The average Bonchev–Trinajstić information content (AvgIpc) is 2.84. The first-order valence-corrected chi connectivity index (χ1v) is 14.7. The first-order valence-electron chi connectivity index (χ1n) is 12.9. The fraction of sp³-hybridized carbons (Fsp3) is 0.483. The van der Waals surface area contributed by atoms with E-state index in [0.717, 1.165) is 5.56 Å². The summed E-state index contributed by atoms with van der Waals surface area (Å²) in [6.07, 6.45) is 2.06. The Kier molecular flexibility index (Phi) is 12.0. The van der Waals surface area contributed by atoms with Gasteiger partial charge in [-0.1, -0.05) is 48.9 Å². The highest BCUT2D eigenvalue weighted by atomic mass is 35.5. The van der Waals surface area contributed by atoms with Crippen LogP contribution in [0, 0.1) is 13.8 Å². The Morgan fingerprint density at radius 3 is 2.33 bits per heavy atom. The molecule has 0 spiro atoms. The van der Waals surface area contributed by atoms with E-state index < -0.39 is 35.6 Å². The van der Waals surface area contributed by atoms with E-state index in [0.29, 0.717) is 34.9 Å². The van der Waals surface area contributed by atoms with Crippen LogP contribution >= 0.6 is 23.4 Å². The molecule has 214 valence electrons. The molecule has 0 aliphatic rings. The summed E-state index contributed by atoms with van der Waals surface area (Å²) < 4.78 is 5.41. The number of alkyl carbamates (subject to hydrolysis) is 1. The number of amides is 3. The SMILES string of the molecule is CCCN(C(=O)C(CCSC)NC(=O)OC(C)(C)C)C(C(=O)Nc1c(C)cccc1Cl)c1cccc(C)c1O. The third-order valence-electron chi connectivity index (χ3n) is 5.94. The molecule has 0 saturated carbocycles. The molecule has 39 heavy (non-hydrogen) atoms. The van der Waals surface area contributed by atoms with Crippen molar-refractivity contribution in [3.05, 3.63) is 58.1 Å². The van der Waals surface area contributed by atoms with Crippen molar-refractivity contribution in [3.63, 3.8) is 0 Å². The van der Waals surface area contributed by atoms with Gasteiger partial charge < -0.3 is 25.4 Å². The van der Waals surface area contributed by atoms with Crippen LogP contribution in [0.25, 0.3) is 0 Å². The number of phenolic OH excluding ortho intramolecular Hbond substituents is 1. The Bertz CT molecular complexity index is 1150. The minimum atomic E-state index is -1.19. The number of hydrogen-bond acceptors (Lipinski definition) is 6. The monoisotopic (exact) mass is 577 g/mol. The van der Waals surface area contributed by atoms with Gasteiger partial charge in [0.05, 0.1) is 10.7 Å². The quantitative estimate of drug-likeness (QED) is 0.292. The van der Waals surface area contributed by atoms with E-state index in [1.54, 1.807) is 58.0 Å². The molecule has 2 aromatic rings. The lowest BCUT2D eigenvalue weighted by molar-refractivity contribution is -0.140. The average molecular weight is 578 g/mol. The summed E-state index contributed by atoms with van der Waals surface area (Å²) in [6.45, 7) is 10.9. The predicted molar refractivity (Wildman–Crippen MR) is 159 cm³/mol. The van der Waals surface area contributed by atoms with Crippen molar-refractivity contribution in [2.75, 3.05) is 23.9 Å². The fourth-order valence-corrected chi connectivity index (χ4v) is 4.83. The number of benzene rings is 2. The lowest BCUT2D eigenvalue weighted by atomic mass is 9.98. The lowest BCUT2D eigenvalue weighted by Gasteiger charge is -2.35. The van der Waals surface area contributed by atoms with E-state index in [4.69, 9.17) is 16.3 Å². The molecule has 8 nitrogen and oxygen atoms in total. The topological polar surface area (TPSA) is 108 Å². The molecule has 0 radical (unpaired) electrons. The Labute approximate surface area is 240 Å². The molecule has 2 unspecified atom stereocenters. The van der Waals surface area contributed by atoms with Gasteiger partial charge >= 0.3 is 6.09 Å². The second-order valence-corrected chi connectivity index (χ2v) is 11.7. The minimum absolute atomic E-state index is 0.0804. The van der Waals surface area contributed by atoms with Crippen LogP contribution in [0.1, 0.15) is 63.3 Å². The standard InChI is InChI=1S/C29H40ClN3O5S/c1-8-16-33(27(36)22(15-17-39-7)31-28(37)38-29(4,5)6)24(20-13-9-12-19(3)25(20)34)26(35)32-23-18(2)11-10-14-21(23)30/h9-14,22,24,34H,8,15-17H2,1-7H3,(H,31,37)(H,32,35). The van der Waals surface area contributed by atoms with E-state index in [1.807, 2.05) is 26.2 Å². The number of thioether (sulfide) groups is 1. The summed E-state index contributed by atoms with van der Waals surface area (Å²) >= 11 is 7.93. The number of aryl methyl sites for hydroxylation is 2. The molecule has 0 fully saturated rings. The second kappa shape index (κ2) is 14.5. The van der Waals surface area contributed by atoms with Crippen molar-refractivity contribution in [1.29, 1.82) is 0 Å². The maximum atomic E-state index is 14.1. The highest BCUT2D eigenvalue weighted by molar-refractivity contribution is 7.98. The number of nitrogens with one attached hydrogen (secondary N) is 2. The van der Waals surface area contributed by atoms with Crippen LogP contribution in [0.5, 0.6) is 5.75 Å². The molecule has 0 aromatic heterocycles. The molecule has 2 rings (SSSR count). The number of ether oxygens (including phenoxy) is 1. The molecule has 0 aliphatic heterocycles. The predicted octanol–water partition coefficient (Wildman–Crippen LogP) is 6.23. The zero-order chi connectivity index (χ0) is 29.3. The van der Waals surface area contributed by atoms with Crippen molar-refractivity contribution in [2.24, 2.45) is 0 Å². The van der Waals surface area contributed by atoms with E-state index in [1.165, 1.54) is 16.7 Å². The highest BCUT2D eigenvalue weighted by Gasteiger charge is 2.37. The number of carbonyl (C=O) groups is 3. The third kappa shape index (κ3) is 9.07. The van der Waals surface area contributed by atoms with E-state index in [9.17, 15) is 19.5 Å². The summed E-state index contributed by atoms with van der Waals surface area (Å²) in [5.74, 6) is -0.468. The molecular weight excluding hydrogens is 538 g/mol. The number of rotatable bonds is 11. The minimum Gasteiger partial charge on any atom is -0.507 e. The third-order valence-corrected chi connectivity index (χ3v) is 6.90. The molecule has 10 heteroatoms. The largest absolute Gasteiger partial charge is 0.507 e. The van der Waals surface area contributed by atoms with Crippen LogP contribution in [-0.4, -0.2) is 58.1 Å². The summed E-state index contributed by atoms with van der Waals surface area (Å²) in [5, 5.41) is 16.9. The molecule has 0 saturated heterocycles. The summed E-state index contributed by atoms with van der Waals surface area (Å²) in [5.41, 5.74) is 1.27. The zero-order valence-corrected chi connectivity index (χ0v) is 25.3. The normalized spacial score (nSPS) is 12.8. The van der Waals surface area contributed by atoms with Crippen molar-refractivity contribution < 1.29 is 24.2 Å². The number of hydrogen-bond donors (Lipinski definition) is 3. The van der Waals surface area contributed by atoms with Gasteiger partial charge in [-0.2, -0.15) is 11.8 Å². The van der Waals surface area contributed by atoms with Crippen LogP contribution in [0.2, 0.25) is 5.02 Å². The number of aromatic hydroxyl groups is 1. The van der Waals surface area contributed by atoms with Gasteiger partial charge in [0.25, 0.3) is 5.91 Å². The van der Waals surface area contributed by atoms with E-state index in [2.05, 4.69) is 10.6 Å². The summed E-state index contributed by atoms with van der Waals surface area (Å²) in [4.78, 5) is 42.1. The van der Waals surface area contributed by atoms with Gasteiger partial charge in [-0.15, -0.1) is 0 Å². The smallest absolute Gasteiger partial charge is 0.408 e. The molecule has 0 heterocycles. The van der Waals surface area contributed by atoms with Crippen molar-refractivity contribution in [3.8, 4) is 5.75 Å². The molecule has 0 bridgehead atoms. The van der Waals surface area contributed by atoms with Crippen molar-refractivity contribution in [1.82, 2.24) is 10.2 Å². The molecule has 2 atom stereocenters.